The molecule has 1 unspecified atom stereocenters. The lowest BCUT2D eigenvalue weighted by Crippen LogP contribution is -2.26. The lowest BCUT2D eigenvalue weighted by molar-refractivity contribution is 0.563. The average molecular weight is 193 g/mol. The van der Waals surface area contributed by atoms with Crippen LogP contribution in [0.1, 0.15) is 25.3 Å². The Morgan fingerprint density at radius 3 is 3.08 bits per heavy atom. The summed E-state index contributed by atoms with van der Waals surface area (Å²) < 4.78 is 0. The van der Waals surface area contributed by atoms with Crippen molar-refractivity contribution in [1.82, 2.24) is 5.32 Å². The van der Waals surface area contributed by atoms with E-state index in [2.05, 4.69) is 35.0 Å². The zero-order valence-electron chi connectivity index (χ0n) is 7.92. The minimum absolute atomic E-state index is 0.227. The van der Waals surface area contributed by atoms with Crippen molar-refractivity contribution >= 4 is 11.3 Å². The molecule has 1 rings (SSSR count). The van der Waals surface area contributed by atoms with Crippen molar-refractivity contribution in [2.24, 2.45) is 0 Å². The molecule has 0 saturated carbocycles. The van der Waals surface area contributed by atoms with E-state index in [-0.39, 0.29) is 6.04 Å². The number of hydrogen-bond acceptors (Lipinski definition) is 2. The predicted molar refractivity (Wildman–Crippen MR) is 58.7 cm³/mol. The first kappa shape index (κ1) is 10.3. The summed E-state index contributed by atoms with van der Waals surface area (Å²) in [5, 5.41) is 7.57. The van der Waals surface area contributed by atoms with Crippen molar-refractivity contribution in [2.75, 3.05) is 0 Å². The van der Waals surface area contributed by atoms with Gasteiger partial charge in [0.05, 0.1) is 6.04 Å². The van der Waals surface area contributed by atoms with E-state index in [1.165, 1.54) is 5.56 Å². The van der Waals surface area contributed by atoms with Crippen molar-refractivity contribution in [3.05, 3.63) is 22.4 Å². The van der Waals surface area contributed by atoms with Crippen molar-refractivity contribution < 1.29 is 0 Å². The molecule has 1 heterocycles. The maximum Gasteiger partial charge on any atom is 0.0689 e. The molecule has 0 aliphatic carbocycles. The molecule has 0 aromatic carbocycles. The number of terminal acetylenes is 1. The highest BCUT2D eigenvalue weighted by molar-refractivity contribution is 7.07. The maximum atomic E-state index is 5.39. The van der Waals surface area contributed by atoms with Crippen LogP contribution in [0.4, 0.5) is 0 Å². The largest absolute Gasteiger partial charge is 0.300 e. The molecule has 0 spiro atoms. The molecule has 1 aromatic rings. The van der Waals surface area contributed by atoms with E-state index < -0.39 is 0 Å². The fourth-order valence-electron chi connectivity index (χ4n) is 1.17. The van der Waals surface area contributed by atoms with Crippen molar-refractivity contribution in [3.8, 4) is 12.3 Å². The van der Waals surface area contributed by atoms with Gasteiger partial charge in [0.2, 0.25) is 0 Å². The van der Waals surface area contributed by atoms with Gasteiger partial charge in [0, 0.05) is 6.54 Å². The van der Waals surface area contributed by atoms with Crippen LogP contribution in [-0.2, 0) is 6.54 Å². The molecule has 70 valence electrons. The van der Waals surface area contributed by atoms with Gasteiger partial charge in [-0.25, -0.2) is 0 Å². The lowest BCUT2D eigenvalue weighted by Gasteiger charge is -2.10. The second kappa shape index (κ2) is 5.80. The van der Waals surface area contributed by atoms with Gasteiger partial charge in [-0.05, 0) is 28.8 Å². The molecule has 0 saturated heterocycles. The highest BCUT2D eigenvalue weighted by atomic mass is 32.1. The summed E-state index contributed by atoms with van der Waals surface area (Å²) in [5.74, 6) is 2.76. The zero-order valence-corrected chi connectivity index (χ0v) is 8.73. The second-order valence-corrected chi connectivity index (χ2v) is 3.80. The van der Waals surface area contributed by atoms with E-state index >= 15 is 0 Å². The molecule has 1 atom stereocenters. The summed E-state index contributed by atoms with van der Waals surface area (Å²) in [6, 6.07) is 2.35. The fourth-order valence-corrected chi connectivity index (χ4v) is 1.84. The Balaban J connectivity index is 2.29. The van der Waals surface area contributed by atoms with Gasteiger partial charge in [0.15, 0.2) is 0 Å². The molecule has 1 N–H and O–H groups in total. The summed E-state index contributed by atoms with van der Waals surface area (Å²) in [7, 11) is 0. The first-order chi connectivity index (χ1) is 6.36. The molecule has 0 fully saturated rings. The van der Waals surface area contributed by atoms with Crippen LogP contribution in [0.5, 0.6) is 0 Å². The van der Waals surface area contributed by atoms with E-state index in [4.69, 9.17) is 6.42 Å². The topological polar surface area (TPSA) is 12.0 Å². The van der Waals surface area contributed by atoms with Gasteiger partial charge in [0.25, 0.3) is 0 Å². The molecule has 0 bridgehead atoms. The zero-order chi connectivity index (χ0) is 9.52. The third-order valence-corrected chi connectivity index (χ3v) is 2.64. The Bertz CT molecular complexity index is 258. The monoisotopic (exact) mass is 193 g/mol. The molecule has 0 aliphatic heterocycles. The van der Waals surface area contributed by atoms with Crippen molar-refractivity contribution in [3.63, 3.8) is 0 Å². The predicted octanol–water partition coefficient (Wildman–Crippen LogP) is 2.64. The molecule has 1 aromatic heterocycles. The van der Waals surface area contributed by atoms with Gasteiger partial charge < -0.3 is 0 Å². The minimum Gasteiger partial charge on any atom is -0.300 e. The van der Waals surface area contributed by atoms with Crippen LogP contribution < -0.4 is 5.32 Å². The summed E-state index contributed by atoms with van der Waals surface area (Å²) in [4.78, 5) is 0. The van der Waals surface area contributed by atoms with E-state index in [0.29, 0.717) is 0 Å². The Hall–Kier alpha value is -0.780. The SMILES string of the molecule is C#CC(CCC)NCc1ccsc1. The number of nitrogens with one attached hydrogen (secondary N) is 1. The second-order valence-electron chi connectivity index (χ2n) is 3.02. The van der Waals surface area contributed by atoms with Gasteiger partial charge in [-0.15, -0.1) is 6.42 Å². The first-order valence-electron chi connectivity index (χ1n) is 4.57. The molecular formula is C11H15NS. The average Bonchev–Trinajstić information content (AvgIpc) is 2.64. The summed E-state index contributed by atoms with van der Waals surface area (Å²) >= 11 is 1.72. The van der Waals surface area contributed by atoms with E-state index in [1.807, 2.05) is 0 Å². The fraction of sp³-hybridized carbons (Fsp3) is 0.455. The van der Waals surface area contributed by atoms with Crippen LogP contribution in [0, 0.1) is 12.3 Å². The first-order valence-corrected chi connectivity index (χ1v) is 5.51. The molecule has 13 heavy (non-hydrogen) atoms. The summed E-state index contributed by atoms with van der Waals surface area (Å²) in [6.07, 6.45) is 7.58. The van der Waals surface area contributed by atoms with Crippen molar-refractivity contribution in [1.29, 1.82) is 0 Å². The molecule has 2 heteroatoms. The number of rotatable bonds is 5. The quantitative estimate of drug-likeness (QED) is 0.709. The lowest BCUT2D eigenvalue weighted by atomic mass is 10.2. The summed E-state index contributed by atoms with van der Waals surface area (Å²) in [5.41, 5.74) is 1.32. The molecule has 0 aliphatic rings. The maximum absolute atomic E-state index is 5.39. The number of thiophene rings is 1. The Labute approximate surface area is 84.2 Å². The molecule has 0 radical (unpaired) electrons. The molecular weight excluding hydrogens is 178 g/mol. The number of hydrogen-bond donors (Lipinski definition) is 1. The van der Waals surface area contributed by atoms with Gasteiger partial charge in [-0.1, -0.05) is 19.3 Å². The highest BCUT2D eigenvalue weighted by Crippen LogP contribution is 2.06. The smallest absolute Gasteiger partial charge is 0.0689 e. The van der Waals surface area contributed by atoms with Crippen LogP contribution in [0.15, 0.2) is 16.8 Å². The molecule has 0 amide bonds. The standard InChI is InChI=1S/C11H15NS/c1-3-5-11(4-2)12-8-10-6-7-13-9-10/h2,6-7,9,11-12H,3,5,8H2,1H3. The van der Waals surface area contributed by atoms with Crippen LogP contribution >= 0.6 is 11.3 Å². The Kier molecular flexibility index (Phi) is 4.59. The normalized spacial score (nSPS) is 12.3. The van der Waals surface area contributed by atoms with E-state index in [0.717, 1.165) is 19.4 Å². The van der Waals surface area contributed by atoms with E-state index in [9.17, 15) is 0 Å². The van der Waals surface area contributed by atoms with Crippen molar-refractivity contribution in [2.45, 2.75) is 32.4 Å². The van der Waals surface area contributed by atoms with Gasteiger partial charge >= 0.3 is 0 Å². The van der Waals surface area contributed by atoms with Gasteiger partial charge in [-0.3, -0.25) is 5.32 Å². The summed E-state index contributed by atoms with van der Waals surface area (Å²) in [6.45, 7) is 3.04. The molecule has 1 nitrogen and oxygen atoms in total. The Morgan fingerprint density at radius 1 is 1.69 bits per heavy atom. The third kappa shape index (κ3) is 3.63. The van der Waals surface area contributed by atoms with Gasteiger partial charge in [-0.2, -0.15) is 11.3 Å². The Morgan fingerprint density at radius 2 is 2.54 bits per heavy atom. The van der Waals surface area contributed by atoms with E-state index in [1.54, 1.807) is 11.3 Å². The van der Waals surface area contributed by atoms with Gasteiger partial charge in [0.1, 0.15) is 0 Å². The van der Waals surface area contributed by atoms with Crippen LogP contribution in [-0.4, -0.2) is 6.04 Å². The minimum atomic E-state index is 0.227. The van der Waals surface area contributed by atoms with Crippen LogP contribution in [0.25, 0.3) is 0 Å². The third-order valence-electron chi connectivity index (χ3n) is 1.91. The van der Waals surface area contributed by atoms with Crippen LogP contribution in [0.3, 0.4) is 0 Å². The van der Waals surface area contributed by atoms with Crippen LogP contribution in [0.2, 0.25) is 0 Å². The highest BCUT2D eigenvalue weighted by Gasteiger charge is 2.01.